The number of hydrogen-bond donors (Lipinski definition) is 1. The van der Waals surface area contributed by atoms with Crippen LogP contribution in [-0.4, -0.2) is 40.5 Å². The molecule has 3 aliphatic carbocycles. The van der Waals surface area contributed by atoms with E-state index in [4.69, 9.17) is 11.6 Å². The summed E-state index contributed by atoms with van der Waals surface area (Å²) < 4.78 is 0. The van der Waals surface area contributed by atoms with Gasteiger partial charge in [-0.15, -0.1) is 0 Å². The number of hydrogen-bond acceptors (Lipinski definition) is 3. The maximum Gasteiger partial charge on any atom is 0.226 e. The third kappa shape index (κ3) is 3.31. The summed E-state index contributed by atoms with van der Waals surface area (Å²) in [4.78, 5) is 19.6. The van der Waals surface area contributed by atoms with E-state index in [0.29, 0.717) is 35.0 Å². The van der Waals surface area contributed by atoms with E-state index in [2.05, 4.69) is 21.6 Å². The van der Waals surface area contributed by atoms with Gasteiger partial charge < -0.3 is 10.2 Å². The van der Waals surface area contributed by atoms with Gasteiger partial charge >= 0.3 is 0 Å². The lowest BCUT2D eigenvalue weighted by molar-refractivity contribution is -0.141. The molecule has 1 amide bonds. The van der Waals surface area contributed by atoms with Crippen molar-refractivity contribution in [2.24, 2.45) is 17.8 Å². The van der Waals surface area contributed by atoms with Gasteiger partial charge in [0, 0.05) is 30.7 Å². The lowest BCUT2D eigenvalue weighted by atomic mass is 9.89. The van der Waals surface area contributed by atoms with Gasteiger partial charge in [-0.25, -0.2) is 4.98 Å². The van der Waals surface area contributed by atoms with Crippen LogP contribution in [0.25, 0.3) is 0 Å². The van der Waals surface area contributed by atoms with Crippen molar-refractivity contribution < 1.29 is 4.79 Å². The summed E-state index contributed by atoms with van der Waals surface area (Å²) in [6, 6.07) is 4.99. The second-order valence-corrected chi connectivity index (χ2v) is 8.64. The van der Waals surface area contributed by atoms with E-state index in [9.17, 15) is 4.79 Å². The summed E-state index contributed by atoms with van der Waals surface area (Å²) in [5, 5.41) is 4.34. The quantitative estimate of drug-likeness (QED) is 0.823. The number of aromatic nitrogens is 1. The smallest absolute Gasteiger partial charge is 0.226 e. The minimum Gasteiger partial charge on any atom is -0.333 e. The molecule has 1 radical (unpaired) electrons. The number of carbonyl (C=O) groups is 1. The molecule has 4 unspecified atom stereocenters. The van der Waals surface area contributed by atoms with E-state index in [1.165, 1.54) is 24.8 Å². The molecule has 1 aromatic rings. The van der Waals surface area contributed by atoms with Crippen molar-refractivity contribution in [3.8, 4) is 0 Å². The summed E-state index contributed by atoms with van der Waals surface area (Å²) in [5.41, 5.74) is 1.18. The molecule has 0 aromatic carbocycles. The Morgan fingerprint density at radius 3 is 2.76 bits per heavy atom. The maximum atomic E-state index is 13.2. The molecule has 5 heteroatoms. The number of carbonyl (C=O) groups excluding carboxylic acids is 1. The van der Waals surface area contributed by atoms with Gasteiger partial charge in [-0.1, -0.05) is 11.6 Å². The molecule has 1 aliphatic heterocycles. The molecular formula is C20H25ClN3O. The van der Waals surface area contributed by atoms with Crippen LogP contribution in [-0.2, 0) is 11.2 Å². The second kappa shape index (κ2) is 6.24. The first-order valence-electron chi connectivity index (χ1n) is 9.70. The monoisotopic (exact) mass is 358 g/mol. The highest BCUT2D eigenvalue weighted by Crippen LogP contribution is 2.44. The van der Waals surface area contributed by atoms with Gasteiger partial charge in [0.25, 0.3) is 0 Å². The van der Waals surface area contributed by atoms with Crippen molar-refractivity contribution >= 4 is 17.5 Å². The highest BCUT2D eigenvalue weighted by Gasteiger charge is 2.51. The van der Waals surface area contributed by atoms with Gasteiger partial charge in [0.2, 0.25) is 5.91 Å². The molecule has 133 valence electrons. The summed E-state index contributed by atoms with van der Waals surface area (Å²) in [6.07, 6.45) is 10.9. The van der Waals surface area contributed by atoms with Crippen molar-refractivity contribution in [2.45, 2.75) is 56.7 Å². The van der Waals surface area contributed by atoms with E-state index in [-0.39, 0.29) is 12.0 Å². The Morgan fingerprint density at radius 2 is 2.12 bits per heavy atom. The van der Waals surface area contributed by atoms with E-state index < -0.39 is 0 Å². The minimum absolute atomic E-state index is 0.231. The van der Waals surface area contributed by atoms with Crippen molar-refractivity contribution in [3.05, 3.63) is 35.5 Å². The molecule has 4 nitrogen and oxygen atoms in total. The Labute approximate surface area is 154 Å². The summed E-state index contributed by atoms with van der Waals surface area (Å²) in [6.45, 7) is 0.964. The van der Waals surface area contributed by atoms with Crippen LogP contribution in [0.3, 0.4) is 0 Å². The van der Waals surface area contributed by atoms with E-state index in [1.807, 2.05) is 12.1 Å². The van der Waals surface area contributed by atoms with Crippen LogP contribution in [0.1, 0.15) is 37.7 Å². The van der Waals surface area contributed by atoms with Gasteiger partial charge in [-0.3, -0.25) is 4.79 Å². The molecule has 1 aromatic heterocycles. The standard InChI is InChI=1S/C20H25ClN3O/c21-18-10-12(7-8-22-18)9-16-19(14-3-4-14)23-11-17(13-1-2-13)24(16)20(25)15-5-6-15/h3,7-8,10,13-17,19,23H,1-2,4-6,9,11H2. The molecule has 0 spiro atoms. The Bertz CT molecular complexity index is 669. The Balaban J connectivity index is 1.46. The lowest BCUT2D eigenvalue weighted by Crippen LogP contribution is -2.66. The lowest BCUT2D eigenvalue weighted by Gasteiger charge is -2.48. The van der Waals surface area contributed by atoms with Crippen molar-refractivity contribution in [3.63, 3.8) is 0 Å². The second-order valence-electron chi connectivity index (χ2n) is 8.25. The van der Waals surface area contributed by atoms with Crippen LogP contribution in [0.4, 0.5) is 0 Å². The zero-order valence-electron chi connectivity index (χ0n) is 14.4. The average molecular weight is 359 g/mol. The molecule has 4 fully saturated rings. The number of pyridine rings is 1. The predicted octanol–water partition coefficient (Wildman–Crippen LogP) is 2.86. The van der Waals surface area contributed by atoms with Crippen LogP contribution in [0.2, 0.25) is 5.15 Å². The SMILES string of the molecule is O=C(C1CC1)N1C(C2CC2)CNC(C2[CH]C2)C1Cc1ccnc(Cl)c1. The minimum atomic E-state index is 0.231. The molecule has 1 N–H and O–H groups in total. The van der Waals surface area contributed by atoms with Crippen LogP contribution < -0.4 is 5.32 Å². The van der Waals surface area contributed by atoms with Crippen LogP contribution in [0.5, 0.6) is 0 Å². The average Bonchev–Trinajstić information content (AvgIpc) is 3.49. The molecule has 1 saturated heterocycles. The fourth-order valence-corrected chi connectivity index (χ4v) is 4.69. The van der Waals surface area contributed by atoms with Crippen molar-refractivity contribution in [2.75, 3.05) is 6.54 Å². The first kappa shape index (κ1) is 16.1. The van der Waals surface area contributed by atoms with Gasteiger partial charge in [0.05, 0.1) is 6.04 Å². The zero-order valence-corrected chi connectivity index (χ0v) is 15.2. The molecule has 25 heavy (non-hydrogen) atoms. The fraction of sp³-hybridized carbons (Fsp3) is 0.650. The Kier molecular flexibility index (Phi) is 4.01. The van der Waals surface area contributed by atoms with E-state index in [0.717, 1.165) is 25.8 Å². The number of nitrogens with zero attached hydrogens (tertiary/aromatic N) is 2. The number of amides is 1. The highest BCUT2D eigenvalue weighted by molar-refractivity contribution is 6.29. The molecule has 2 heterocycles. The Morgan fingerprint density at radius 1 is 1.32 bits per heavy atom. The van der Waals surface area contributed by atoms with E-state index in [1.54, 1.807) is 6.20 Å². The summed E-state index contributed by atoms with van der Waals surface area (Å²) in [7, 11) is 0. The first-order chi connectivity index (χ1) is 12.2. The van der Waals surface area contributed by atoms with Gasteiger partial charge in [-0.2, -0.15) is 0 Å². The largest absolute Gasteiger partial charge is 0.333 e. The van der Waals surface area contributed by atoms with Gasteiger partial charge in [0.1, 0.15) is 5.15 Å². The van der Waals surface area contributed by atoms with E-state index >= 15 is 0 Å². The van der Waals surface area contributed by atoms with Gasteiger partial charge in [0.15, 0.2) is 0 Å². The third-order valence-electron chi connectivity index (χ3n) is 6.24. The molecule has 3 saturated carbocycles. The molecule has 4 atom stereocenters. The van der Waals surface area contributed by atoms with Crippen LogP contribution in [0, 0.1) is 24.2 Å². The Hall–Kier alpha value is -1.13. The summed E-state index contributed by atoms with van der Waals surface area (Å²) in [5.74, 6) is 2.00. The number of piperazine rings is 1. The number of nitrogens with one attached hydrogen (secondary N) is 1. The summed E-state index contributed by atoms with van der Waals surface area (Å²) >= 11 is 6.11. The number of halogens is 1. The highest BCUT2D eigenvalue weighted by atomic mass is 35.5. The maximum absolute atomic E-state index is 13.2. The first-order valence-corrected chi connectivity index (χ1v) is 10.1. The number of rotatable bonds is 5. The molecular weight excluding hydrogens is 334 g/mol. The van der Waals surface area contributed by atoms with Crippen molar-refractivity contribution in [1.29, 1.82) is 0 Å². The molecule has 4 aliphatic rings. The topological polar surface area (TPSA) is 45.2 Å². The molecule has 5 rings (SSSR count). The zero-order chi connectivity index (χ0) is 17.0. The normalized spacial score (nSPS) is 32.7. The van der Waals surface area contributed by atoms with Crippen LogP contribution >= 0.6 is 11.6 Å². The third-order valence-corrected chi connectivity index (χ3v) is 6.45. The predicted molar refractivity (Wildman–Crippen MR) is 97.0 cm³/mol. The van der Waals surface area contributed by atoms with Gasteiger partial charge in [-0.05, 0) is 74.5 Å². The molecule has 0 bridgehead atoms. The van der Waals surface area contributed by atoms with Crippen LogP contribution in [0.15, 0.2) is 18.3 Å². The van der Waals surface area contributed by atoms with Crippen molar-refractivity contribution in [1.82, 2.24) is 15.2 Å². The fourth-order valence-electron chi connectivity index (χ4n) is 4.50.